The summed E-state index contributed by atoms with van der Waals surface area (Å²) in [6, 6.07) is 1.27. The summed E-state index contributed by atoms with van der Waals surface area (Å²) < 4.78 is 10.5. The molecule has 1 aliphatic heterocycles. The van der Waals surface area contributed by atoms with Crippen molar-refractivity contribution in [3.63, 3.8) is 0 Å². The Morgan fingerprint density at radius 2 is 2.25 bits per heavy atom. The number of esters is 1. The molecule has 1 saturated heterocycles. The normalized spacial score (nSPS) is 19.8. The number of carbonyl (C=O) groups is 2. The monoisotopic (exact) mass is 282 g/mol. The summed E-state index contributed by atoms with van der Waals surface area (Å²) in [5.74, 6) is -0.493. The summed E-state index contributed by atoms with van der Waals surface area (Å²) in [5, 5.41) is 0. The van der Waals surface area contributed by atoms with Gasteiger partial charge in [0.25, 0.3) is 11.5 Å². The Hall–Kier alpha value is -1.89. The Balaban J connectivity index is 1.99. The van der Waals surface area contributed by atoms with E-state index in [9.17, 15) is 14.4 Å². The van der Waals surface area contributed by atoms with Crippen LogP contribution in [0.4, 0.5) is 0 Å². The molecule has 0 amide bonds. The number of methoxy groups -OCH3 is 1. The van der Waals surface area contributed by atoms with Crippen molar-refractivity contribution >= 4 is 11.9 Å². The minimum absolute atomic E-state index is 0.0559. The maximum absolute atomic E-state index is 12.0. The smallest absolute Gasteiger partial charge is 0.309 e. The van der Waals surface area contributed by atoms with Gasteiger partial charge in [0.15, 0.2) is 0 Å². The molecule has 7 nitrogen and oxygen atoms in total. The zero-order valence-electron chi connectivity index (χ0n) is 11.6. The van der Waals surface area contributed by atoms with E-state index in [-0.39, 0.29) is 18.4 Å². The second-order valence-corrected chi connectivity index (χ2v) is 4.97. The molecule has 0 bridgehead atoms. The second-order valence-electron chi connectivity index (χ2n) is 4.97. The van der Waals surface area contributed by atoms with E-state index in [4.69, 9.17) is 9.26 Å². The molecule has 0 spiro atoms. The van der Waals surface area contributed by atoms with Gasteiger partial charge in [0.05, 0.1) is 19.6 Å². The number of carbonyl (C=O) groups excluding carboxylic acids is 2. The van der Waals surface area contributed by atoms with Crippen LogP contribution in [0.2, 0.25) is 0 Å². The van der Waals surface area contributed by atoms with Crippen LogP contribution in [0.3, 0.4) is 0 Å². The van der Waals surface area contributed by atoms with Gasteiger partial charge in [-0.3, -0.25) is 19.3 Å². The number of aryl methyl sites for hydroxylation is 1. The van der Waals surface area contributed by atoms with Crippen LogP contribution in [0, 0.1) is 12.8 Å². The van der Waals surface area contributed by atoms with Gasteiger partial charge in [-0.05, 0) is 26.3 Å². The molecule has 2 rings (SSSR count). The Morgan fingerprint density at radius 1 is 1.50 bits per heavy atom. The molecule has 20 heavy (non-hydrogen) atoms. The number of piperidine rings is 1. The molecule has 1 aromatic rings. The highest BCUT2D eigenvalue weighted by Gasteiger charge is 2.28. The van der Waals surface area contributed by atoms with Gasteiger partial charge in [-0.15, -0.1) is 4.74 Å². The molecule has 0 N–H and O–H groups in total. The van der Waals surface area contributed by atoms with Crippen molar-refractivity contribution < 1.29 is 18.8 Å². The molecule has 1 aliphatic rings. The molecule has 0 saturated carbocycles. The first kappa shape index (κ1) is 14.5. The van der Waals surface area contributed by atoms with Crippen LogP contribution in [-0.2, 0) is 9.53 Å². The molecule has 1 atom stereocenters. The fourth-order valence-corrected chi connectivity index (χ4v) is 2.44. The molecule has 110 valence electrons. The highest BCUT2D eigenvalue weighted by molar-refractivity contribution is 5.79. The number of nitrogens with zero attached hydrogens (tertiary/aromatic N) is 2. The lowest BCUT2D eigenvalue weighted by atomic mass is 9.98. The molecule has 0 aliphatic carbocycles. The molecular formula is C13H18N2O5. The number of rotatable bonds is 3. The molecule has 0 aromatic carbocycles. The van der Waals surface area contributed by atoms with Crippen molar-refractivity contribution in [2.24, 2.45) is 5.92 Å². The van der Waals surface area contributed by atoms with Gasteiger partial charge >= 0.3 is 5.97 Å². The van der Waals surface area contributed by atoms with Gasteiger partial charge < -0.3 is 9.26 Å². The quantitative estimate of drug-likeness (QED) is 0.740. The standard InChI is InChI=1S/C13H18N2O5/c1-9-6-11(16)15(20-9)12(17)8-14-5-3-4-10(7-14)13(18)19-2/h6,10H,3-5,7-8H2,1-2H3. The Labute approximate surface area is 116 Å². The zero-order valence-corrected chi connectivity index (χ0v) is 11.6. The van der Waals surface area contributed by atoms with Gasteiger partial charge in [0.1, 0.15) is 5.76 Å². The number of ether oxygens (including phenoxy) is 1. The molecule has 1 fully saturated rings. The fourth-order valence-electron chi connectivity index (χ4n) is 2.44. The van der Waals surface area contributed by atoms with E-state index in [0.29, 0.717) is 18.8 Å². The summed E-state index contributed by atoms with van der Waals surface area (Å²) in [6.45, 7) is 2.85. The third-order valence-electron chi connectivity index (χ3n) is 3.39. The molecule has 1 unspecified atom stereocenters. The summed E-state index contributed by atoms with van der Waals surface area (Å²) >= 11 is 0. The van der Waals surface area contributed by atoms with E-state index in [1.165, 1.54) is 13.2 Å². The summed E-state index contributed by atoms with van der Waals surface area (Å²) in [5.41, 5.74) is -0.464. The minimum Gasteiger partial charge on any atom is -0.469 e. The first-order valence-corrected chi connectivity index (χ1v) is 6.54. The lowest BCUT2D eigenvalue weighted by molar-refractivity contribution is -0.147. The molecular weight excluding hydrogens is 264 g/mol. The summed E-state index contributed by atoms with van der Waals surface area (Å²) in [6.07, 6.45) is 1.58. The Kier molecular flexibility index (Phi) is 4.39. The third kappa shape index (κ3) is 3.16. The van der Waals surface area contributed by atoms with Crippen LogP contribution in [0.25, 0.3) is 0 Å². The topological polar surface area (TPSA) is 81.8 Å². The van der Waals surface area contributed by atoms with Crippen molar-refractivity contribution in [1.82, 2.24) is 9.64 Å². The van der Waals surface area contributed by atoms with E-state index in [1.807, 2.05) is 4.90 Å². The van der Waals surface area contributed by atoms with Gasteiger partial charge in [-0.25, -0.2) is 0 Å². The predicted octanol–water partition coefficient (Wildman–Crippen LogP) is 0.275. The first-order chi connectivity index (χ1) is 9.51. The average Bonchev–Trinajstić information content (AvgIpc) is 2.77. The number of aromatic nitrogens is 1. The van der Waals surface area contributed by atoms with Crippen LogP contribution in [0.1, 0.15) is 23.4 Å². The van der Waals surface area contributed by atoms with Crippen LogP contribution >= 0.6 is 0 Å². The SMILES string of the molecule is COC(=O)C1CCCN(CC(=O)n2oc(C)cc2=O)C1. The van der Waals surface area contributed by atoms with Crippen LogP contribution in [-0.4, -0.2) is 48.3 Å². The molecule has 2 heterocycles. The number of likely N-dealkylation sites (tertiary alicyclic amines) is 1. The van der Waals surface area contributed by atoms with Gasteiger partial charge in [0, 0.05) is 12.6 Å². The van der Waals surface area contributed by atoms with Gasteiger partial charge in [0.2, 0.25) is 0 Å². The van der Waals surface area contributed by atoms with E-state index in [1.54, 1.807) is 6.92 Å². The largest absolute Gasteiger partial charge is 0.469 e. The zero-order chi connectivity index (χ0) is 14.7. The van der Waals surface area contributed by atoms with E-state index < -0.39 is 11.5 Å². The van der Waals surface area contributed by atoms with Crippen LogP contribution in [0.5, 0.6) is 0 Å². The van der Waals surface area contributed by atoms with Crippen molar-refractivity contribution in [1.29, 1.82) is 0 Å². The van der Waals surface area contributed by atoms with Crippen molar-refractivity contribution in [3.05, 3.63) is 22.2 Å². The van der Waals surface area contributed by atoms with E-state index in [0.717, 1.165) is 17.6 Å². The fraction of sp³-hybridized carbons (Fsp3) is 0.615. The highest BCUT2D eigenvalue weighted by atomic mass is 16.5. The van der Waals surface area contributed by atoms with E-state index in [2.05, 4.69) is 0 Å². The average molecular weight is 282 g/mol. The minimum atomic E-state index is -0.464. The van der Waals surface area contributed by atoms with E-state index >= 15 is 0 Å². The Morgan fingerprint density at radius 3 is 2.85 bits per heavy atom. The van der Waals surface area contributed by atoms with Crippen molar-refractivity contribution in [2.75, 3.05) is 26.7 Å². The highest BCUT2D eigenvalue weighted by Crippen LogP contribution is 2.17. The predicted molar refractivity (Wildman–Crippen MR) is 69.5 cm³/mol. The van der Waals surface area contributed by atoms with Crippen molar-refractivity contribution in [3.8, 4) is 0 Å². The summed E-state index contributed by atoms with van der Waals surface area (Å²) in [4.78, 5) is 36.9. The molecule has 7 heteroatoms. The first-order valence-electron chi connectivity index (χ1n) is 6.54. The maximum atomic E-state index is 12.0. The molecule has 1 aromatic heterocycles. The second kappa shape index (κ2) is 6.04. The summed E-state index contributed by atoms with van der Waals surface area (Å²) in [7, 11) is 1.36. The molecule has 0 radical (unpaired) electrons. The van der Waals surface area contributed by atoms with Crippen LogP contribution < -0.4 is 5.56 Å². The number of hydrogen-bond donors (Lipinski definition) is 0. The number of hydrogen-bond acceptors (Lipinski definition) is 6. The van der Waals surface area contributed by atoms with Crippen LogP contribution in [0.15, 0.2) is 15.4 Å². The third-order valence-corrected chi connectivity index (χ3v) is 3.39. The van der Waals surface area contributed by atoms with Gasteiger partial charge in [-0.2, -0.15) is 0 Å². The lowest BCUT2D eigenvalue weighted by Crippen LogP contribution is -2.43. The lowest BCUT2D eigenvalue weighted by Gasteiger charge is -2.30. The van der Waals surface area contributed by atoms with Crippen molar-refractivity contribution in [2.45, 2.75) is 19.8 Å². The Bertz CT molecular complexity index is 559. The van der Waals surface area contributed by atoms with Gasteiger partial charge in [-0.1, -0.05) is 0 Å². The maximum Gasteiger partial charge on any atom is 0.309 e.